The second kappa shape index (κ2) is 6.53. The number of piperazine rings is 1. The number of hydrogen-bond acceptors (Lipinski definition) is 4. The van der Waals surface area contributed by atoms with Crippen LogP contribution in [0.4, 0.5) is 15.8 Å². The van der Waals surface area contributed by atoms with Gasteiger partial charge in [0.25, 0.3) is 5.78 Å². The van der Waals surface area contributed by atoms with Crippen LogP contribution >= 0.6 is 0 Å². The molecule has 2 aliphatic heterocycles. The van der Waals surface area contributed by atoms with E-state index < -0.39 is 11.7 Å². The Labute approximate surface area is 151 Å². The zero-order valence-corrected chi connectivity index (χ0v) is 14.6. The number of ketones is 1. The molecule has 0 atom stereocenters. The van der Waals surface area contributed by atoms with Gasteiger partial charge in [0.1, 0.15) is 5.82 Å². The van der Waals surface area contributed by atoms with Crippen LogP contribution in [0.2, 0.25) is 0 Å². The number of Topliss-reactive ketones (excluding diaryl/α,β-unsaturated/α-hetero) is 1. The Hall–Kier alpha value is -2.73. The largest absolute Gasteiger partial charge is 0.369 e. The van der Waals surface area contributed by atoms with Crippen LogP contribution in [0.3, 0.4) is 0 Å². The van der Waals surface area contributed by atoms with Crippen molar-refractivity contribution >= 4 is 23.1 Å². The first kappa shape index (κ1) is 16.7. The van der Waals surface area contributed by atoms with Crippen LogP contribution in [0.1, 0.15) is 15.9 Å². The molecule has 0 bridgehead atoms. The van der Waals surface area contributed by atoms with Crippen molar-refractivity contribution in [1.29, 1.82) is 0 Å². The van der Waals surface area contributed by atoms with E-state index in [0.717, 1.165) is 37.4 Å². The minimum Gasteiger partial charge on any atom is -0.369 e. The average molecular weight is 353 g/mol. The molecule has 0 saturated carbocycles. The quantitative estimate of drug-likeness (QED) is 0.795. The van der Waals surface area contributed by atoms with E-state index in [1.165, 1.54) is 12.1 Å². The summed E-state index contributed by atoms with van der Waals surface area (Å²) < 4.78 is 13.1. The van der Waals surface area contributed by atoms with Gasteiger partial charge in [-0.05, 0) is 43.3 Å². The standard InChI is InChI=1S/C20H20FN3O2/c1-14-2-7-18-17(12-14)19(25)20(26)24(18)13-22-8-10-23(11-9-22)16-5-3-15(21)4-6-16/h2-7,12H,8-11,13H2,1H3. The number of hydrogen-bond donors (Lipinski definition) is 0. The van der Waals surface area contributed by atoms with Crippen molar-refractivity contribution in [2.75, 3.05) is 42.6 Å². The predicted molar refractivity (Wildman–Crippen MR) is 98.0 cm³/mol. The predicted octanol–water partition coefficient (Wildman–Crippen LogP) is 2.44. The molecule has 2 aliphatic rings. The van der Waals surface area contributed by atoms with Crippen molar-refractivity contribution in [2.45, 2.75) is 6.92 Å². The van der Waals surface area contributed by atoms with Gasteiger partial charge in [-0.25, -0.2) is 4.39 Å². The molecule has 0 unspecified atom stereocenters. The fourth-order valence-corrected chi connectivity index (χ4v) is 3.55. The minimum absolute atomic E-state index is 0.237. The molecule has 5 nitrogen and oxygen atoms in total. The number of benzene rings is 2. The molecule has 1 amide bonds. The van der Waals surface area contributed by atoms with E-state index in [-0.39, 0.29) is 5.82 Å². The Bertz CT molecular complexity index is 858. The number of halogens is 1. The minimum atomic E-state index is -0.452. The highest BCUT2D eigenvalue weighted by atomic mass is 19.1. The van der Waals surface area contributed by atoms with Crippen molar-refractivity contribution in [3.63, 3.8) is 0 Å². The zero-order chi connectivity index (χ0) is 18.3. The van der Waals surface area contributed by atoms with Crippen molar-refractivity contribution in [1.82, 2.24) is 4.90 Å². The molecular formula is C20H20FN3O2. The van der Waals surface area contributed by atoms with Crippen LogP contribution in [0.25, 0.3) is 0 Å². The molecule has 4 rings (SSSR count). The highest BCUT2D eigenvalue weighted by Gasteiger charge is 2.36. The molecule has 134 valence electrons. The first-order valence-electron chi connectivity index (χ1n) is 8.72. The number of amides is 1. The lowest BCUT2D eigenvalue weighted by molar-refractivity contribution is -0.114. The molecule has 2 aromatic carbocycles. The molecule has 2 aromatic rings. The summed E-state index contributed by atoms with van der Waals surface area (Å²) in [6.07, 6.45) is 0. The number of fused-ring (bicyclic) bond motifs is 1. The Balaban J connectivity index is 1.43. The average Bonchev–Trinajstić information content (AvgIpc) is 2.88. The molecule has 0 aromatic heterocycles. The van der Waals surface area contributed by atoms with Gasteiger partial charge in [-0.1, -0.05) is 11.6 Å². The van der Waals surface area contributed by atoms with E-state index in [0.29, 0.717) is 17.9 Å². The van der Waals surface area contributed by atoms with Crippen LogP contribution in [-0.2, 0) is 4.79 Å². The Morgan fingerprint density at radius 3 is 2.35 bits per heavy atom. The molecular weight excluding hydrogens is 333 g/mol. The molecule has 1 saturated heterocycles. The van der Waals surface area contributed by atoms with Crippen molar-refractivity contribution < 1.29 is 14.0 Å². The lowest BCUT2D eigenvalue weighted by atomic mass is 10.1. The van der Waals surface area contributed by atoms with Gasteiger partial charge in [-0.3, -0.25) is 19.4 Å². The number of nitrogens with zero attached hydrogens (tertiary/aromatic N) is 3. The van der Waals surface area contributed by atoms with Crippen LogP contribution in [0.5, 0.6) is 0 Å². The smallest absolute Gasteiger partial charge is 0.300 e. The Kier molecular flexibility index (Phi) is 4.20. The lowest BCUT2D eigenvalue weighted by Gasteiger charge is -2.37. The fourth-order valence-electron chi connectivity index (χ4n) is 3.55. The molecule has 26 heavy (non-hydrogen) atoms. The first-order valence-corrected chi connectivity index (χ1v) is 8.72. The molecule has 0 spiro atoms. The third-order valence-corrected chi connectivity index (χ3v) is 5.03. The molecule has 2 heterocycles. The maximum absolute atomic E-state index is 13.1. The van der Waals surface area contributed by atoms with Gasteiger partial charge in [0.15, 0.2) is 0 Å². The third kappa shape index (κ3) is 2.97. The maximum atomic E-state index is 13.1. The maximum Gasteiger partial charge on any atom is 0.300 e. The Morgan fingerprint density at radius 2 is 1.65 bits per heavy atom. The molecule has 0 aliphatic carbocycles. The molecule has 0 N–H and O–H groups in total. The van der Waals surface area contributed by atoms with E-state index in [4.69, 9.17) is 0 Å². The first-order chi connectivity index (χ1) is 12.5. The van der Waals surface area contributed by atoms with Crippen molar-refractivity contribution in [2.24, 2.45) is 0 Å². The van der Waals surface area contributed by atoms with Crippen molar-refractivity contribution in [3.05, 3.63) is 59.4 Å². The second-order valence-corrected chi connectivity index (χ2v) is 6.81. The monoisotopic (exact) mass is 353 g/mol. The summed E-state index contributed by atoms with van der Waals surface area (Å²) in [5.74, 6) is -1.11. The number of rotatable bonds is 3. The van der Waals surface area contributed by atoms with Gasteiger partial charge in [0, 0.05) is 31.9 Å². The summed E-state index contributed by atoms with van der Waals surface area (Å²) in [5, 5.41) is 0. The highest BCUT2D eigenvalue weighted by Crippen LogP contribution is 2.30. The van der Waals surface area contributed by atoms with E-state index >= 15 is 0 Å². The van der Waals surface area contributed by atoms with Crippen LogP contribution in [0.15, 0.2) is 42.5 Å². The van der Waals surface area contributed by atoms with Gasteiger partial charge < -0.3 is 4.90 Å². The van der Waals surface area contributed by atoms with Crippen molar-refractivity contribution in [3.8, 4) is 0 Å². The van der Waals surface area contributed by atoms with Gasteiger partial charge in [0.05, 0.1) is 17.9 Å². The normalized spacial score (nSPS) is 17.8. The summed E-state index contributed by atoms with van der Waals surface area (Å²) in [4.78, 5) is 30.5. The summed E-state index contributed by atoms with van der Waals surface area (Å²) in [5.41, 5.74) is 3.17. The molecule has 6 heteroatoms. The summed E-state index contributed by atoms with van der Waals surface area (Å²) in [6.45, 7) is 5.46. The van der Waals surface area contributed by atoms with Crippen LogP contribution in [-0.4, -0.2) is 49.4 Å². The Morgan fingerprint density at radius 1 is 0.962 bits per heavy atom. The lowest BCUT2D eigenvalue weighted by Crippen LogP contribution is -2.51. The van der Waals surface area contributed by atoms with Crippen LogP contribution < -0.4 is 9.80 Å². The van der Waals surface area contributed by atoms with Crippen LogP contribution in [0, 0.1) is 12.7 Å². The van der Waals surface area contributed by atoms with E-state index in [1.807, 2.05) is 19.1 Å². The zero-order valence-electron chi connectivity index (χ0n) is 14.6. The SMILES string of the molecule is Cc1ccc2c(c1)C(=O)C(=O)N2CN1CCN(c2ccc(F)cc2)CC1. The number of aryl methyl sites for hydroxylation is 1. The summed E-state index contributed by atoms with van der Waals surface area (Å²) in [7, 11) is 0. The molecule has 1 fully saturated rings. The third-order valence-electron chi connectivity index (χ3n) is 5.03. The number of anilines is 2. The topological polar surface area (TPSA) is 43.9 Å². The number of carbonyl (C=O) groups excluding carboxylic acids is 2. The van der Waals surface area contributed by atoms with E-state index in [1.54, 1.807) is 23.1 Å². The van der Waals surface area contributed by atoms with Gasteiger partial charge in [-0.15, -0.1) is 0 Å². The second-order valence-electron chi connectivity index (χ2n) is 6.81. The summed E-state index contributed by atoms with van der Waals surface area (Å²) >= 11 is 0. The fraction of sp³-hybridized carbons (Fsp3) is 0.300. The molecule has 0 radical (unpaired) electrons. The van der Waals surface area contributed by atoms with Gasteiger partial charge in [-0.2, -0.15) is 0 Å². The van der Waals surface area contributed by atoms with E-state index in [2.05, 4.69) is 9.80 Å². The van der Waals surface area contributed by atoms with Gasteiger partial charge >= 0.3 is 5.91 Å². The highest BCUT2D eigenvalue weighted by molar-refractivity contribution is 6.52. The summed E-state index contributed by atoms with van der Waals surface area (Å²) in [6, 6.07) is 12.1. The van der Waals surface area contributed by atoms with Gasteiger partial charge in [0.2, 0.25) is 0 Å². The number of carbonyl (C=O) groups is 2. The van der Waals surface area contributed by atoms with E-state index in [9.17, 15) is 14.0 Å².